The number of pyridine rings is 1. The molecule has 0 bridgehead atoms. The highest BCUT2D eigenvalue weighted by Gasteiger charge is 2.34. The molecule has 2 fully saturated rings. The summed E-state index contributed by atoms with van der Waals surface area (Å²) in [6.07, 6.45) is 4.42. The van der Waals surface area contributed by atoms with Crippen molar-refractivity contribution in [3.05, 3.63) is 57.7 Å². The monoisotopic (exact) mass is 489 g/mol. The van der Waals surface area contributed by atoms with E-state index < -0.39 is 5.91 Å². The number of amides is 2. The lowest BCUT2D eigenvalue weighted by molar-refractivity contribution is 0.0490. The van der Waals surface area contributed by atoms with Crippen LogP contribution < -0.4 is 10.6 Å². The minimum atomic E-state index is -0.534. The number of halogens is 2. The third kappa shape index (κ3) is 5.26. The average molecular weight is 490 g/mol. The average Bonchev–Trinajstić information content (AvgIpc) is 2.83. The molecule has 1 atom stereocenters. The zero-order valence-corrected chi connectivity index (χ0v) is 20.2. The lowest BCUT2D eigenvalue weighted by Gasteiger charge is -2.47. The number of likely N-dealkylation sites (tertiary alicyclic amines) is 1. The first-order chi connectivity index (χ1) is 15.9. The van der Waals surface area contributed by atoms with Crippen molar-refractivity contribution in [2.24, 2.45) is 5.73 Å². The van der Waals surface area contributed by atoms with Gasteiger partial charge in [0.05, 0.1) is 10.6 Å². The Morgan fingerprint density at radius 1 is 1.06 bits per heavy atom. The molecule has 2 amide bonds. The standard InChI is InChI=1S/C24H29Cl2N5O2/c1-2-19-15-30(23-21(26)13-17(14-28-23)22(27)32)11-12-31(19)20-7-9-29(10-8-20)24(33)16-3-5-18(25)6-4-16/h3-6,13-14,19-20H,2,7-12,15H2,1H3,(H2,27,32)/t19-/m0/s1. The van der Waals surface area contributed by atoms with Crippen molar-refractivity contribution < 1.29 is 9.59 Å². The molecule has 3 heterocycles. The van der Waals surface area contributed by atoms with E-state index in [4.69, 9.17) is 28.9 Å². The van der Waals surface area contributed by atoms with Crippen LogP contribution in [0, 0.1) is 0 Å². The molecule has 7 nitrogen and oxygen atoms in total. The van der Waals surface area contributed by atoms with E-state index in [0.29, 0.717) is 39.1 Å². The molecule has 176 valence electrons. The molecule has 2 aliphatic heterocycles. The van der Waals surface area contributed by atoms with Crippen LogP contribution in [-0.2, 0) is 0 Å². The lowest BCUT2D eigenvalue weighted by Crippen LogP contribution is -2.58. The number of primary amides is 1. The van der Waals surface area contributed by atoms with Crippen LogP contribution in [-0.4, -0.2) is 71.4 Å². The number of hydrogen-bond donors (Lipinski definition) is 1. The van der Waals surface area contributed by atoms with Crippen molar-refractivity contribution >= 4 is 40.8 Å². The fourth-order valence-electron chi connectivity index (χ4n) is 4.88. The Bertz CT molecular complexity index is 1010. The molecule has 1 aromatic heterocycles. The second kappa shape index (κ2) is 10.3. The van der Waals surface area contributed by atoms with Gasteiger partial charge in [0, 0.05) is 61.6 Å². The number of carbonyl (C=O) groups is 2. The number of nitrogens with zero attached hydrogens (tertiary/aromatic N) is 4. The van der Waals surface area contributed by atoms with Crippen LogP contribution in [0.15, 0.2) is 36.5 Å². The van der Waals surface area contributed by atoms with E-state index in [0.717, 1.165) is 52.0 Å². The van der Waals surface area contributed by atoms with E-state index in [9.17, 15) is 9.59 Å². The maximum Gasteiger partial charge on any atom is 0.253 e. The van der Waals surface area contributed by atoms with Gasteiger partial charge in [0.25, 0.3) is 5.91 Å². The van der Waals surface area contributed by atoms with Gasteiger partial charge in [-0.05, 0) is 49.6 Å². The highest BCUT2D eigenvalue weighted by molar-refractivity contribution is 6.33. The second-order valence-corrected chi connectivity index (χ2v) is 9.51. The van der Waals surface area contributed by atoms with Gasteiger partial charge >= 0.3 is 0 Å². The summed E-state index contributed by atoms with van der Waals surface area (Å²) in [5.41, 5.74) is 6.33. The molecule has 0 aliphatic carbocycles. The van der Waals surface area contributed by atoms with E-state index in [-0.39, 0.29) is 5.91 Å². The number of piperazine rings is 1. The van der Waals surface area contributed by atoms with E-state index in [1.165, 1.54) is 6.20 Å². The molecule has 33 heavy (non-hydrogen) atoms. The number of rotatable bonds is 5. The van der Waals surface area contributed by atoms with E-state index >= 15 is 0 Å². The Kier molecular flexibility index (Phi) is 7.41. The molecule has 0 unspecified atom stereocenters. The molecular formula is C24H29Cl2N5O2. The number of piperidine rings is 1. The maximum absolute atomic E-state index is 12.8. The number of carbonyl (C=O) groups excluding carboxylic acids is 2. The lowest BCUT2D eigenvalue weighted by atomic mass is 9.97. The molecule has 2 aliphatic rings. The summed E-state index contributed by atoms with van der Waals surface area (Å²) in [4.78, 5) is 35.4. The summed E-state index contributed by atoms with van der Waals surface area (Å²) < 4.78 is 0. The Balaban J connectivity index is 1.37. The molecule has 2 N–H and O–H groups in total. The number of anilines is 1. The van der Waals surface area contributed by atoms with Crippen molar-refractivity contribution in [3.63, 3.8) is 0 Å². The minimum absolute atomic E-state index is 0.0714. The van der Waals surface area contributed by atoms with E-state index in [1.54, 1.807) is 30.3 Å². The number of hydrogen-bond acceptors (Lipinski definition) is 5. The van der Waals surface area contributed by atoms with Gasteiger partial charge in [-0.15, -0.1) is 0 Å². The summed E-state index contributed by atoms with van der Waals surface area (Å²) in [5.74, 6) is 0.235. The number of benzene rings is 1. The predicted molar refractivity (Wildman–Crippen MR) is 131 cm³/mol. The van der Waals surface area contributed by atoms with Crippen LogP contribution in [0.25, 0.3) is 0 Å². The first kappa shape index (κ1) is 23.8. The third-order valence-corrected chi connectivity index (χ3v) is 7.25. The summed E-state index contributed by atoms with van der Waals surface area (Å²) in [5, 5.41) is 1.08. The van der Waals surface area contributed by atoms with Crippen molar-refractivity contribution in [3.8, 4) is 0 Å². The van der Waals surface area contributed by atoms with Crippen LogP contribution >= 0.6 is 23.2 Å². The first-order valence-electron chi connectivity index (χ1n) is 11.4. The molecule has 2 saturated heterocycles. The molecule has 1 aromatic carbocycles. The van der Waals surface area contributed by atoms with Gasteiger partial charge in [0.15, 0.2) is 0 Å². The largest absolute Gasteiger partial charge is 0.366 e. The fraction of sp³-hybridized carbons (Fsp3) is 0.458. The van der Waals surface area contributed by atoms with Gasteiger partial charge in [-0.1, -0.05) is 30.1 Å². The molecule has 2 aromatic rings. The second-order valence-electron chi connectivity index (χ2n) is 8.67. The number of aromatic nitrogens is 1. The van der Waals surface area contributed by atoms with Gasteiger partial charge in [-0.2, -0.15) is 0 Å². The predicted octanol–water partition coefficient (Wildman–Crippen LogP) is 3.69. The third-order valence-electron chi connectivity index (χ3n) is 6.72. The molecular weight excluding hydrogens is 461 g/mol. The number of nitrogens with two attached hydrogens (primary N) is 1. The zero-order valence-electron chi connectivity index (χ0n) is 18.7. The molecule has 9 heteroatoms. The van der Waals surface area contributed by atoms with Gasteiger partial charge in [-0.25, -0.2) is 4.98 Å². The molecule has 0 radical (unpaired) electrons. The maximum atomic E-state index is 12.8. The molecule has 0 spiro atoms. The van der Waals surface area contributed by atoms with Crippen molar-refractivity contribution in [1.29, 1.82) is 0 Å². The smallest absolute Gasteiger partial charge is 0.253 e. The fourth-order valence-corrected chi connectivity index (χ4v) is 5.29. The van der Waals surface area contributed by atoms with Gasteiger partial charge in [-0.3, -0.25) is 14.5 Å². The van der Waals surface area contributed by atoms with Gasteiger partial charge < -0.3 is 15.5 Å². The highest BCUT2D eigenvalue weighted by Crippen LogP contribution is 2.29. The van der Waals surface area contributed by atoms with E-state index in [1.807, 2.05) is 4.90 Å². The Morgan fingerprint density at radius 2 is 1.76 bits per heavy atom. The van der Waals surface area contributed by atoms with Crippen LogP contribution in [0.5, 0.6) is 0 Å². The van der Waals surface area contributed by atoms with Crippen LogP contribution in [0.3, 0.4) is 0 Å². The molecule has 4 rings (SSSR count). The summed E-state index contributed by atoms with van der Waals surface area (Å²) in [7, 11) is 0. The summed E-state index contributed by atoms with van der Waals surface area (Å²) in [6, 6.07) is 9.51. The van der Waals surface area contributed by atoms with Crippen LogP contribution in [0.1, 0.15) is 46.9 Å². The van der Waals surface area contributed by atoms with Crippen molar-refractivity contribution in [2.45, 2.75) is 38.3 Å². The van der Waals surface area contributed by atoms with Crippen LogP contribution in [0.2, 0.25) is 10.0 Å². The Labute approximate surface area is 204 Å². The summed E-state index contributed by atoms with van der Waals surface area (Å²) >= 11 is 12.4. The Morgan fingerprint density at radius 3 is 2.36 bits per heavy atom. The zero-order chi connectivity index (χ0) is 23.5. The van der Waals surface area contributed by atoms with Crippen molar-refractivity contribution in [1.82, 2.24) is 14.8 Å². The van der Waals surface area contributed by atoms with Crippen LogP contribution in [0.4, 0.5) is 5.82 Å². The summed E-state index contributed by atoms with van der Waals surface area (Å²) in [6.45, 7) is 6.25. The quantitative estimate of drug-likeness (QED) is 0.692. The first-order valence-corrected chi connectivity index (χ1v) is 12.1. The Hall–Kier alpha value is -2.35. The van der Waals surface area contributed by atoms with Gasteiger partial charge in [0.1, 0.15) is 5.82 Å². The highest BCUT2D eigenvalue weighted by atomic mass is 35.5. The molecule has 0 saturated carbocycles. The van der Waals surface area contributed by atoms with Gasteiger partial charge in [0.2, 0.25) is 5.91 Å². The normalized spacial score (nSPS) is 20.2. The SMILES string of the molecule is CC[C@H]1CN(c2ncc(C(N)=O)cc2Cl)CCN1C1CCN(C(=O)c2ccc(Cl)cc2)CC1. The topological polar surface area (TPSA) is 82.8 Å². The van der Waals surface area contributed by atoms with Crippen molar-refractivity contribution in [2.75, 3.05) is 37.6 Å². The minimum Gasteiger partial charge on any atom is -0.366 e. The van der Waals surface area contributed by atoms with E-state index in [2.05, 4.69) is 21.7 Å².